The first-order valence-corrected chi connectivity index (χ1v) is 8.87. The Labute approximate surface area is 170 Å². The first-order valence-electron chi connectivity index (χ1n) is 8.87. The molecule has 158 valence electrons. The summed E-state index contributed by atoms with van der Waals surface area (Å²) in [6.45, 7) is 4.03. The summed E-state index contributed by atoms with van der Waals surface area (Å²) < 4.78 is 6.23. The van der Waals surface area contributed by atoms with Gasteiger partial charge in [0.15, 0.2) is 0 Å². The number of nitro groups is 1. The number of ether oxygens (including phenoxy) is 1. The number of methoxy groups -OCH3 is 1. The van der Waals surface area contributed by atoms with Gasteiger partial charge in [-0.05, 0) is 38.5 Å². The topological polar surface area (TPSA) is 149 Å². The Kier molecular flexibility index (Phi) is 5.16. The number of rotatable bonds is 6. The molecule has 2 aromatic rings. The van der Waals surface area contributed by atoms with E-state index in [-0.39, 0.29) is 17.1 Å². The van der Waals surface area contributed by atoms with E-state index in [4.69, 9.17) is 4.74 Å². The number of aromatic nitrogens is 2. The van der Waals surface area contributed by atoms with Gasteiger partial charge in [0.05, 0.1) is 12.0 Å². The van der Waals surface area contributed by atoms with Crippen molar-refractivity contribution in [1.82, 2.24) is 25.5 Å². The van der Waals surface area contributed by atoms with E-state index >= 15 is 0 Å². The molecule has 4 amide bonds. The summed E-state index contributed by atoms with van der Waals surface area (Å²) in [4.78, 5) is 48.1. The van der Waals surface area contributed by atoms with Crippen LogP contribution in [-0.2, 0) is 21.7 Å². The van der Waals surface area contributed by atoms with Crippen LogP contribution in [0.3, 0.4) is 0 Å². The van der Waals surface area contributed by atoms with E-state index in [0.717, 1.165) is 4.68 Å². The number of amides is 4. The summed E-state index contributed by atoms with van der Waals surface area (Å²) in [6, 6.07) is 5.77. The number of nitrogens with one attached hydrogen (secondary N) is 2. The molecule has 1 fully saturated rings. The molecule has 2 N–H and O–H groups in total. The van der Waals surface area contributed by atoms with Crippen molar-refractivity contribution >= 4 is 23.5 Å². The molecule has 1 aliphatic heterocycles. The molecule has 1 aromatic carbocycles. The highest BCUT2D eigenvalue weighted by atomic mass is 16.6. The Bertz CT molecular complexity index is 1050. The Morgan fingerprint density at radius 2 is 1.93 bits per heavy atom. The third-order valence-corrected chi connectivity index (χ3v) is 4.91. The van der Waals surface area contributed by atoms with E-state index in [1.165, 1.54) is 27.9 Å². The molecule has 0 radical (unpaired) electrons. The summed E-state index contributed by atoms with van der Waals surface area (Å²) in [6.07, 6.45) is 0. The molecule has 1 aliphatic rings. The summed E-state index contributed by atoms with van der Waals surface area (Å²) in [5.74, 6) is -0.827. The number of nitrogens with zero attached hydrogens (tertiary/aromatic N) is 4. The fourth-order valence-corrected chi connectivity index (χ4v) is 3.26. The third kappa shape index (κ3) is 3.43. The minimum atomic E-state index is -1.38. The van der Waals surface area contributed by atoms with Crippen LogP contribution in [0.25, 0.3) is 0 Å². The lowest BCUT2D eigenvalue weighted by Gasteiger charge is -2.22. The molecule has 0 spiro atoms. The normalized spacial score (nSPS) is 18.3. The molecule has 0 saturated carbocycles. The predicted molar refractivity (Wildman–Crippen MR) is 102 cm³/mol. The number of carbonyl (C=O) groups excluding carboxylic acids is 3. The molecule has 1 unspecified atom stereocenters. The van der Waals surface area contributed by atoms with Crippen LogP contribution in [0.5, 0.6) is 5.75 Å². The van der Waals surface area contributed by atoms with Crippen molar-refractivity contribution in [3.63, 3.8) is 0 Å². The van der Waals surface area contributed by atoms with Crippen LogP contribution < -0.4 is 15.5 Å². The zero-order chi connectivity index (χ0) is 22.2. The Hall–Kier alpha value is -3.96. The fraction of sp³-hybridized carbons (Fsp3) is 0.333. The largest absolute Gasteiger partial charge is 0.497 e. The summed E-state index contributed by atoms with van der Waals surface area (Å²) in [5.41, 5.74) is 1.52. The van der Waals surface area contributed by atoms with Crippen LogP contribution in [0, 0.1) is 24.0 Å². The van der Waals surface area contributed by atoms with E-state index in [1.54, 1.807) is 24.3 Å². The van der Waals surface area contributed by atoms with E-state index in [1.807, 2.05) is 0 Å². The Morgan fingerprint density at radius 1 is 1.30 bits per heavy atom. The monoisotopic (exact) mass is 416 g/mol. The molecule has 12 nitrogen and oxygen atoms in total. The van der Waals surface area contributed by atoms with Crippen molar-refractivity contribution in [3.05, 3.63) is 51.3 Å². The van der Waals surface area contributed by atoms with Gasteiger partial charge in [0.25, 0.3) is 11.8 Å². The predicted octanol–water partition coefficient (Wildman–Crippen LogP) is 0.915. The van der Waals surface area contributed by atoms with Gasteiger partial charge in [-0.3, -0.25) is 29.8 Å². The summed E-state index contributed by atoms with van der Waals surface area (Å²) in [7, 11) is 1.51. The van der Waals surface area contributed by atoms with E-state index in [2.05, 4.69) is 15.8 Å². The SMILES string of the molecule is COc1ccc(C2(C)NC(=O)N(NC(=O)Cn3nc(C)c([N+](=O)[O-])c3C)C2=O)cc1. The lowest BCUT2D eigenvalue weighted by Crippen LogP contribution is -2.49. The highest BCUT2D eigenvalue weighted by Gasteiger charge is 2.50. The zero-order valence-electron chi connectivity index (χ0n) is 16.8. The fourth-order valence-electron chi connectivity index (χ4n) is 3.26. The smallest absolute Gasteiger partial charge is 0.344 e. The lowest BCUT2D eigenvalue weighted by atomic mass is 9.92. The molecule has 1 atom stereocenters. The maximum Gasteiger partial charge on any atom is 0.344 e. The molecule has 30 heavy (non-hydrogen) atoms. The van der Waals surface area contributed by atoms with Crippen LogP contribution >= 0.6 is 0 Å². The number of aryl methyl sites for hydroxylation is 1. The molecular formula is C18H20N6O6. The minimum Gasteiger partial charge on any atom is -0.497 e. The van der Waals surface area contributed by atoms with Crippen LogP contribution in [0.1, 0.15) is 23.9 Å². The van der Waals surface area contributed by atoms with Crippen molar-refractivity contribution < 1.29 is 24.0 Å². The molecule has 3 rings (SSSR count). The van der Waals surface area contributed by atoms with Crippen molar-refractivity contribution in [2.24, 2.45) is 0 Å². The van der Waals surface area contributed by atoms with Crippen LogP contribution in [0.4, 0.5) is 10.5 Å². The highest BCUT2D eigenvalue weighted by molar-refractivity contribution is 6.08. The number of hydrogen-bond acceptors (Lipinski definition) is 7. The molecule has 0 aliphatic carbocycles. The number of benzene rings is 1. The number of imide groups is 1. The van der Waals surface area contributed by atoms with E-state index in [9.17, 15) is 24.5 Å². The molecule has 12 heteroatoms. The standard InChI is InChI=1S/C18H20N6O6/c1-10-15(24(28)29)11(2)22(20-10)9-14(25)21-23-16(26)18(3,19-17(23)27)12-5-7-13(30-4)8-6-12/h5-8H,9H2,1-4H3,(H,19,27)(H,21,25). The average molecular weight is 416 g/mol. The van der Waals surface area contributed by atoms with Gasteiger partial charge in [0.1, 0.15) is 29.2 Å². The van der Waals surface area contributed by atoms with Crippen molar-refractivity contribution in [1.29, 1.82) is 0 Å². The maximum absolute atomic E-state index is 12.9. The van der Waals surface area contributed by atoms with Crippen LogP contribution in [0.15, 0.2) is 24.3 Å². The second kappa shape index (κ2) is 7.46. The van der Waals surface area contributed by atoms with Gasteiger partial charge in [0.2, 0.25) is 0 Å². The molecule has 1 saturated heterocycles. The van der Waals surface area contributed by atoms with Gasteiger partial charge >= 0.3 is 11.7 Å². The van der Waals surface area contributed by atoms with Crippen molar-refractivity contribution in [2.75, 3.05) is 7.11 Å². The second-order valence-corrected chi connectivity index (χ2v) is 6.89. The maximum atomic E-state index is 12.9. The molecule has 1 aromatic heterocycles. The molecular weight excluding hydrogens is 396 g/mol. The van der Waals surface area contributed by atoms with Gasteiger partial charge in [-0.25, -0.2) is 4.79 Å². The molecule has 2 heterocycles. The minimum absolute atomic E-state index is 0.160. The van der Waals surface area contributed by atoms with Gasteiger partial charge in [-0.1, -0.05) is 12.1 Å². The highest BCUT2D eigenvalue weighted by Crippen LogP contribution is 2.29. The number of hydrogen-bond donors (Lipinski definition) is 2. The third-order valence-electron chi connectivity index (χ3n) is 4.91. The number of hydrazine groups is 1. The Balaban J connectivity index is 1.76. The van der Waals surface area contributed by atoms with Gasteiger partial charge in [-0.15, -0.1) is 0 Å². The summed E-state index contributed by atoms with van der Waals surface area (Å²) >= 11 is 0. The zero-order valence-corrected chi connectivity index (χ0v) is 16.8. The van der Waals surface area contributed by atoms with Gasteiger partial charge in [-0.2, -0.15) is 10.1 Å². The first-order chi connectivity index (χ1) is 14.1. The van der Waals surface area contributed by atoms with Crippen molar-refractivity contribution in [3.8, 4) is 5.75 Å². The number of urea groups is 1. The van der Waals surface area contributed by atoms with Crippen LogP contribution in [-0.4, -0.2) is 44.7 Å². The molecule has 0 bridgehead atoms. The number of carbonyl (C=O) groups is 3. The Morgan fingerprint density at radius 3 is 2.47 bits per heavy atom. The van der Waals surface area contributed by atoms with E-state index in [0.29, 0.717) is 16.3 Å². The first kappa shape index (κ1) is 20.8. The average Bonchev–Trinajstić information content (AvgIpc) is 3.09. The quantitative estimate of drug-likeness (QED) is 0.404. The lowest BCUT2D eigenvalue weighted by molar-refractivity contribution is -0.386. The second-order valence-electron chi connectivity index (χ2n) is 6.89. The van der Waals surface area contributed by atoms with Crippen LogP contribution in [0.2, 0.25) is 0 Å². The van der Waals surface area contributed by atoms with Crippen molar-refractivity contribution in [2.45, 2.75) is 32.9 Å². The van der Waals surface area contributed by atoms with Gasteiger partial charge in [0, 0.05) is 0 Å². The van der Waals surface area contributed by atoms with Gasteiger partial charge < -0.3 is 10.1 Å². The summed E-state index contributed by atoms with van der Waals surface area (Å²) in [5, 5.41) is 18.2. The van der Waals surface area contributed by atoms with E-state index < -0.39 is 34.9 Å².